The van der Waals surface area contributed by atoms with E-state index in [-0.39, 0.29) is 0 Å². The Labute approximate surface area is 85.9 Å². The van der Waals surface area contributed by atoms with Gasteiger partial charge in [-0.25, -0.2) is 0 Å². The Morgan fingerprint density at radius 2 is 2.14 bits per heavy atom. The van der Waals surface area contributed by atoms with Crippen LogP contribution >= 0.6 is 0 Å². The fraction of sp³-hybridized carbons (Fsp3) is 0.909. The van der Waals surface area contributed by atoms with E-state index in [9.17, 15) is 4.79 Å². The van der Waals surface area contributed by atoms with E-state index in [1.807, 2.05) is 0 Å². The van der Waals surface area contributed by atoms with Crippen molar-refractivity contribution in [3.8, 4) is 0 Å². The largest absolute Gasteiger partial charge is 0.481 e. The Kier molecular flexibility index (Phi) is 4.94. The molecule has 0 spiro atoms. The van der Waals surface area contributed by atoms with Crippen molar-refractivity contribution in [2.45, 2.75) is 39.0 Å². The van der Waals surface area contributed by atoms with Gasteiger partial charge in [0.15, 0.2) is 0 Å². The quantitative estimate of drug-likeness (QED) is 0.710. The van der Waals surface area contributed by atoms with Crippen molar-refractivity contribution < 1.29 is 9.90 Å². The molecular weight excluding hydrogens is 178 g/mol. The highest BCUT2D eigenvalue weighted by molar-refractivity contribution is 5.66. The minimum atomic E-state index is -0.655. The second-order valence-corrected chi connectivity index (χ2v) is 4.19. The highest BCUT2D eigenvalue weighted by Crippen LogP contribution is 2.28. The molecule has 1 aliphatic rings. The summed E-state index contributed by atoms with van der Waals surface area (Å²) in [7, 11) is 0. The van der Waals surface area contributed by atoms with E-state index in [1.54, 1.807) is 0 Å². The molecule has 0 aromatic rings. The molecule has 1 heterocycles. The second-order valence-electron chi connectivity index (χ2n) is 4.19. The summed E-state index contributed by atoms with van der Waals surface area (Å²) >= 11 is 0. The molecule has 0 aliphatic carbocycles. The van der Waals surface area contributed by atoms with Crippen LogP contribution in [0, 0.1) is 11.8 Å². The van der Waals surface area contributed by atoms with Crippen LogP contribution in [0.3, 0.4) is 0 Å². The number of piperidine rings is 1. The molecule has 2 N–H and O–H groups in total. The molecule has 1 atom stereocenters. The standard InChI is InChI=1S/C11H21NO2/c1-2-9(3-4-11(13)14)10-5-7-12-8-6-10/h9-10,12H,2-8H2,1H3,(H,13,14). The van der Waals surface area contributed by atoms with Gasteiger partial charge in [-0.15, -0.1) is 0 Å². The van der Waals surface area contributed by atoms with Crippen molar-refractivity contribution in [3.05, 3.63) is 0 Å². The van der Waals surface area contributed by atoms with Gasteiger partial charge in [-0.2, -0.15) is 0 Å². The number of carboxylic acids is 1. The lowest BCUT2D eigenvalue weighted by Crippen LogP contribution is -2.31. The summed E-state index contributed by atoms with van der Waals surface area (Å²) in [6, 6.07) is 0. The van der Waals surface area contributed by atoms with E-state index in [2.05, 4.69) is 12.2 Å². The Hall–Kier alpha value is -0.570. The van der Waals surface area contributed by atoms with Crippen LogP contribution in [0.15, 0.2) is 0 Å². The normalized spacial score (nSPS) is 20.6. The molecule has 3 heteroatoms. The first-order chi connectivity index (χ1) is 6.74. The monoisotopic (exact) mass is 199 g/mol. The van der Waals surface area contributed by atoms with Crippen LogP contribution in [0.4, 0.5) is 0 Å². The first-order valence-corrected chi connectivity index (χ1v) is 5.66. The predicted molar refractivity (Wildman–Crippen MR) is 56.2 cm³/mol. The summed E-state index contributed by atoms with van der Waals surface area (Å²) in [6.45, 7) is 4.39. The Morgan fingerprint density at radius 3 is 2.64 bits per heavy atom. The van der Waals surface area contributed by atoms with Gasteiger partial charge in [0.1, 0.15) is 0 Å². The number of carbonyl (C=O) groups is 1. The topological polar surface area (TPSA) is 49.3 Å². The van der Waals surface area contributed by atoms with Gasteiger partial charge in [0.25, 0.3) is 0 Å². The van der Waals surface area contributed by atoms with Gasteiger partial charge in [-0.05, 0) is 44.2 Å². The molecular formula is C11H21NO2. The van der Waals surface area contributed by atoms with E-state index in [1.165, 1.54) is 12.8 Å². The fourth-order valence-corrected chi connectivity index (χ4v) is 2.40. The van der Waals surface area contributed by atoms with E-state index >= 15 is 0 Å². The smallest absolute Gasteiger partial charge is 0.303 e. The molecule has 1 saturated heterocycles. The third-order valence-electron chi connectivity index (χ3n) is 3.30. The summed E-state index contributed by atoms with van der Waals surface area (Å²) in [4.78, 5) is 10.5. The first kappa shape index (κ1) is 11.5. The van der Waals surface area contributed by atoms with E-state index < -0.39 is 5.97 Å². The van der Waals surface area contributed by atoms with Gasteiger partial charge in [-0.3, -0.25) is 4.79 Å². The highest BCUT2D eigenvalue weighted by atomic mass is 16.4. The number of carboxylic acid groups (broad SMARTS) is 1. The number of hydrogen-bond acceptors (Lipinski definition) is 2. The minimum Gasteiger partial charge on any atom is -0.481 e. The number of aliphatic carboxylic acids is 1. The zero-order valence-corrected chi connectivity index (χ0v) is 8.96. The minimum absolute atomic E-state index is 0.336. The van der Waals surface area contributed by atoms with Gasteiger partial charge < -0.3 is 10.4 Å². The van der Waals surface area contributed by atoms with Crippen LogP contribution in [-0.4, -0.2) is 24.2 Å². The van der Waals surface area contributed by atoms with Crippen LogP contribution in [-0.2, 0) is 4.79 Å². The Balaban J connectivity index is 2.31. The van der Waals surface area contributed by atoms with Crippen LogP contribution in [0.2, 0.25) is 0 Å². The van der Waals surface area contributed by atoms with Crippen molar-refractivity contribution in [1.82, 2.24) is 5.32 Å². The summed E-state index contributed by atoms with van der Waals surface area (Å²) in [5, 5.41) is 12.0. The number of rotatable bonds is 5. The highest BCUT2D eigenvalue weighted by Gasteiger charge is 2.22. The molecule has 0 radical (unpaired) electrons. The van der Waals surface area contributed by atoms with Crippen molar-refractivity contribution in [2.24, 2.45) is 11.8 Å². The first-order valence-electron chi connectivity index (χ1n) is 5.66. The van der Waals surface area contributed by atoms with Crippen molar-refractivity contribution in [3.63, 3.8) is 0 Å². The Morgan fingerprint density at radius 1 is 1.50 bits per heavy atom. The summed E-state index contributed by atoms with van der Waals surface area (Å²) in [5.74, 6) is 0.714. The molecule has 14 heavy (non-hydrogen) atoms. The summed E-state index contributed by atoms with van der Waals surface area (Å²) in [6.07, 6.45) is 4.76. The van der Waals surface area contributed by atoms with Crippen molar-refractivity contribution >= 4 is 5.97 Å². The molecule has 82 valence electrons. The van der Waals surface area contributed by atoms with Crippen LogP contribution in [0.5, 0.6) is 0 Å². The predicted octanol–water partition coefficient (Wildman–Crippen LogP) is 1.88. The van der Waals surface area contributed by atoms with E-state index in [0.29, 0.717) is 12.3 Å². The van der Waals surface area contributed by atoms with Gasteiger partial charge in [0.05, 0.1) is 0 Å². The molecule has 1 aliphatic heterocycles. The summed E-state index contributed by atoms with van der Waals surface area (Å²) < 4.78 is 0. The molecule has 0 aromatic heterocycles. The Bertz CT molecular complexity index is 176. The van der Waals surface area contributed by atoms with Gasteiger partial charge in [0, 0.05) is 6.42 Å². The molecule has 1 fully saturated rings. The number of nitrogens with one attached hydrogen (secondary N) is 1. The number of hydrogen-bond donors (Lipinski definition) is 2. The average molecular weight is 199 g/mol. The van der Waals surface area contributed by atoms with Gasteiger partial charge in [0.2, 0.25) is 0 Å². The maximum atomic E-state index is 10.5. The van der Waals surface area contributed by atoms with Crippen molar-refractivity contribution in [2.75, 3.05) is 13.1 Å². The average Bonchev–Trinajstić information content (AvgIpc) is 2.20. The van der Waals surface area contributed by atoms with Crippen LogP contribution < -0.4 is 5.32 Å². The lowest BCUT2D eigenvalue weighted by Gasteiger charge is -2.29. The molecule has 1 rings (SSSR count). The molecule has 0 aromatic carbocycles. The molecule has 1 unspecified atom stereocenters. The van der Waals surface area contributed by atoms with E-state index in [0.717, 1.165) is 31.8 Å². The molecule has 0 amide bonds. The lowest BCUT2D eigenvalue weighted by molar-refractivity contribution is -0.137. The lowest BCUT2D eigenvalue weighted by atomic mass is 9.80. The third-order valence-corrected chi connectivity index (χ3v) is 3.30. The molecule has 0 bridgehead atoms. The fourth-order valence-electron chi connectivity index (χ4n) is 2.40. The summed E-state index contributed by atoms with van der Waals surface area (Å²) in [5.41, 5.74) is 0. The zero-order chi connectivity index (χ0) is 10.4. The van der Waals surface area contributed by atoms with Crippen molar-refractivity contribution in [1.29, 1.82) is 0 Å². The van der Waals surface area contributed by atoms with Crippen LogP contribution in [0.25, 0.3) is 0 Å². The molecule has 0 saturated carbocycles. The third kappa shape index (κ3) is 3.66. The SMILES string of the molecule is CCC(CCC(=O)O)C1CCNCC1. The van der Waals surface area contributed by atoms with Gasteiger partial charge >= 0.3 is 5.97 Å². The molecule has 3 nitrogen and oxygen atoms in total. The maximum absolute atomic E-state index is 10.5. The second kappa shape index (κ2) is 6.02. The van der Waals surface area contributed by atoms with Crippen LogP contribution in [0.1, 0.15) is 39.0 Å². The maximum Gasteiger partial charge on any atom is 0.303 e. The van der Waals surface area contributed by atoms with E-state index in [4.69, 9.17) is 5.11 Å². The zero-order valence-electron chi connectivity index (χ0n) is 8.96. The van der Waals surface area contributed by atoms with Gasteiger partial charge in [-0.1, -0.05) is 13.3 Å².